The maximum atomic E-state index is 4.44. The minimum absolute atomic E-state index is 1.04. The van der Waals surface area contributed by atoms with Crippen LogP contribution in [0.25, 0.3) is 55.8 Å². The van der Waals surface area contributed by atoms with E-state index >= 15 is 0 Å². The van der Waals surface area contributed by atoms with Gasteiger partial charge in [-0.25, -0.2) is 0 Å². The van der Waals surface area contributed by atoms with Gasteiger partial charge < -0.3 is 0 Å². The molecule has 1 heterocycles. The molecule has 314 valence electrons. The quantitative estimate of drug-likeness (QED) is 0.168. The molecule has 0 spiro atoms. The second-order valence-corrected chi connectivity index (χ2v) is 15.4. The first-order valence-electron chi connectivity index (χ1n) is 21.9. The molecule has 0 amide bonds. The summed E-state index contributed by atoms with van der Waals surface area (Å²) in [6, 6.07) is 94.0. The van der Waals surface area contributed by atoms with Crippen molar-refractivity contribution in [3.8, 4) is 55.8 Å². The molecule has 1 aromatic heterocycles. The monoisotopic (exact) mass is 827 g/mol. The Kier molecular flexibility index (Phi) is 17.9. The lowest BCUT2D eigenvalue weighted by Gasteiger charge is -2.04. The zero-order valence-electron chi connectivity index (χ0n) is 37.4. The molecule has 0 aliphatic heterocycles. The standard InChI is InChI=1S/3C13H12.C12H11N.C12H10/c1-11-7-5-6-10-13(11)12-8-3-2-4-9-12;1-11-6-5-9-13(10-11)12-7-3-2-4-8-12;1-11-7-9-13(10-8-11)12-5-3-2-4-6-12;1-10-6-5-9-12(13-10)11-7-3-2-4-8-11;1-3-7-11(8-4-1)12-9-5-2-6-10-12/h3*2-10H,1H3;2-9H,1H3;1-10H. The van der Waals surface area contributed by atoms with Gasteiger partial charge >= 0.3 is 0 Å². The minimum atomic E-state index is 1.04. The number of aryl methyl sites for hydroxylation is 4. The molecule has 9 aromatic carbocycles. The zero-order valence-corrected chi connectivity index (χ0v) is 37.4. The van der Waals surface area contributed by atoms with Crippen LogP contribution in [-0.4, -0.2) is 4.98 Å². The van der Waals surface area contributed by atoms with Crippen molar-refractivity contribution in [3.05, 3.63) is 295 Å². The second kappa shape index (κ2) is 25.2. The highest BCUT2D eigenvalue weighted by molar-refractivity contribution is 5.67. The Bertz CT molecular complexity index is 2680. The van der Waals surface area contributed by atoms with E-state index in [-0.39, 0.29) is 0 Å². The lowest BCUT2D eigenvalue weighted by atomic mass is 10.0. The van der Waals surface area contributed by atoms with Crippen molar-refractivity contribution in [3.63, 3.8) is 0 Å². The SMILES string of the molecule is Cc1ccc(-c2ccccc2)cc1.Cc1cccc(-c2ccccc2)c1.Cc1cccc(-c2ccccc2)n1.Cc1ccccc1-c1ccccc1.c1ccc(-c2ccccc2)cc1. The van der Waals surface area contributed by atoms with Gasteiger partial charge in [0.25, 0.3) is 0 Å². The molecule has 0 unspecified atom stereocenters. The van der Waals surface area contributed by atoms with Gasteiger partial charge in [0.15, 0.2) is 0 Å². The molecule has 0 aliphatic rings. The third-order valence-corrected chi connectivity index (χ3v) is 10.4. The number of rotatable bonds is 5. The highest BCUT2D eigenvalue weighted by atomic mass is 14.7. The van der Waals surface area contributed by atoms with Gasteiger partial charge in [-0.2, -0.15) is 0 Å². The van der Waals surface area contributed by atoms with Crippen LogP contribution in [0.15, 0.2) is 273 Å². The largest absolute Gasteiger partial charge is 0.253 e. The fourth-order valence-electron chi connectivity index (χ4n) is 6.92. The summed E-state index contributed by atoms with van der Waals surface area (Å²) in [5, 5.41) is 0. The summed E-state index contributed by atoms with van der Waals surface area (Å²) in [6.45, 7) is 8.37. The minimum Gasteiger partial charge on any atom is -0.253 e. The predicted molar refractivity (Wildman–Crippen MR) is 276 cm³/mol. The number of hydrogen-bond acceptors (Lipinski definition) is 1. The number of benzene rings is 9. The van der Waals surface area contributed by atoms with E-state index < -0.39 is 0 Å². The lowest BCUT2D eigenvalue weighted by molar-refractivity contribution is 1.21. The molecule has 1 nitrogen and oxygen atoms in total. The van der Waals surface area contributed by atoms with Crippen LogP contribution in [0, 0.1) is 27.7 Å². The number of nitrogens with zero attached hydrogens (tertiary/aromatic N) is 1. The summed E-state index contributed by atoms with van der Waals surface area (Å²) < 4.78 is 0. The second-order valence-electron chi connectivity index (χ2n) is 15.4. The predicted octanol–water partition coefficient (Wildman–Crippen LogP) is 17.4. The molecule has 0 fully saturated rings. The smallest absolute Gasteiger partial charge is 0.0705 e. The summed E-state index contributed by atoms with van der Waals surface area (Å²) in [5.41, 5.74) is 17.5. The van der Waals surface area contributed by atoms with E-state index in [9.17, 15) is 0 Å². The molecule has 10 aromatic rings. The highest BCUT2D eigenvalue weighted by Crippen LogP contribution is 2.23. The van der Waals surface area contributed by atoms with E-state index in [2.05, 4.69) is 232 Å². The average Bonchev–Trinajstić information content (AvgIpc) is 3.37. The normalized spacial score (nSPS) is 9.88. The molecule has 64 heavy (non-hydrogen) atoms. The third-order valence-electron chi connectivity index (χ3n) is 10.4. The fourth-order valence-corrected chi connectivity index (χ4v) is 6.92. The Morgan fingerprint density at radius 3 is 1.03 bits per heavy atom. The van der Waals surface area contributed by atoms with Crippen molar-refractivity contribution in [1.82, 2.24) is 4.98 Å². The molecular formula is C63H57N. The van der Waals surface area contributed by atoms with Crippen molar-refractivity contribution < 1.29 is 0 Å². The van der Waals surface area contributed by atoms with Gasteiger partial charge in [0.2, 0.25) is 0 Å². The van der Waals surface area contributed by atoms with E-state index in [0.29, 0.717) is 0 Å². The zero-order chi connectivity index (χ0) is 44.6. The molecular weight excluding hydrogens is 771 g/mol. The maximum Gasteiger partial charge on any atom is 0.0705 e. The van der Waals surface area contributed by atoms with Crippen molar-refractivity contribution in [1.29, 1.82) is 0 Å². The fraction of sp³-hybridized carbons (Fsp3) is 0.0635. The molecule has 0 saturated carbocycles. The van der Waals surface area contributed by atoms with Gasteiger partial charge in [-0.15, -0.1) is 0 Å². The van der Waals surface area contributed by atoms with E-state index in [0.717, 1.165) is 11.4 Å². The Balaban J connectivity index is 0.000000133. The first kappa shape index (κ1) is 45.7. The molecule has 10 rings (SSSR count). The van der Waals surface area contributed by atoms with Gasteiger partial charge in [-0.1, -0.05) is 272 Å². The molecule has 1 heteroatoms. The lowest BCUT2D eigenvalue weighted by Crippen LogP contribution is -1.84. The van der Waals surface area contributed by atoms with Crippen LogP contribution in [-0.2, 0) is 0 Å². The summed E-state index contributed by atoms with van der Waals surface area (Å²) in [6.07, 6.45) is 0. The molecule has 0 aliphatic carbocycles. The topological polar surface area (TPSA) is 12.9 Å². The summed E-state index contributed by atoms with van der Waals surface area (Å²) in [4.78, 5) is 4.44. The van der Waals surface area contributed by atoms with Crippen LogP contribution >= 0.6 is 0 Å². The van der Waals surface area contributed by atoms with E-state index in [1.165, 1.54) is 66.8 Å². The Morgan fingerprint density at radius 2 is 0.594 bits per heavy atom. The first-order chi connectivity index (χ1) is 31.4. The third kappa shape index (κ3) is 14.9. The molecule has 0 N–H and O–H groups in total. The van der Waals surface area contributed by atoms with Gasteiger partial charge in [0.1, 0.15) is 0 Å². The van der Waals surface area contributed by atoms with Crippen LogP contribution in [0.1, 0.15) is 22.4 Å². The summed E-state index contributed by atoms with van der Waals surface area (Å²) >= 11 is 0. The molecule has 0 atom stereocenters. The van der Waals surface area contributed by atoms with Crippen LogP contribution in [0.3, 0.4) is 0 Å². The Labute approximate surface area is 382 Å². The van der Waals surface area contributed by atoms with Crippen molar-refractivity contribution in [2.75, 3.05) is 0 Å². The van der Waals surface area contributed by atoms with Gasteiger partial charge in [0.05, 0.1) is 5.69 Å². The Hall–Kier alpha value is -7.87. The Morgan fingerprint density at radius 1 is 0.234 bits per heavy atom. The molecule has 0 radical (unpaired) electrons. The van der Waals surface area contributed by atoms with E-state index in [1.54, 1.807) is 0 Å². The van der Waals surface area contributed by atoms with E-state index in [4.69, 9.17) is 0 Å². The first-order valence-corrected chi connectivity index (χ1v) is 21.9. The van der Waals surface area contributed by atoms with Gasteiger partial charge in [0, 0.05) is 11.3 Å². The van der Waals surface area contributed by atoms with Gasteiger partial charge in [-0.05, 0) is 89.9 Å². The van der Waals surface area contributed by atoms with Crippen molar-refractivity contribution in [2.45, 2.75) is 27.7 Å². The van der Waals surface area contributed by atoms with Crippen LogP contribution in [0.4, 0.5) is 0 Å². The highest BCUT2D eigenvalue weighted by Gasteiger charge is 1.99. The average molecular weight is 828 g/mol. The van der Waals surface area contributed by atoms with Crippen molar-refractivity contribution >= 4 is 0 Å². The van der Waals surface area contributed by atoms with E-state index in [1.807, 2.05) is 73.7 Å². The van der Waals surface area contributed by atoms with Crippen LogP contribution < -0.4 is 0 Å². The van der Waals surface area contributed by atoms with Gasteiger partial charge in [-0.3, -0.25) is 4.98 Å². The van der Waals surface area contributed by atoms with Crippen molar-refractivity contribution in [2.24, 2.45) is 0 Å². The maximum absolute atomic E-state index is 4.44. The number of hydrogen-bond donors (Lipinski definition) is 0. The number of pyridine rings is 1. The van der Waals surface area contributed by atoms with Crippen LogP contribution in [0.5, 0.6) is 0 Å². The molecule has 0 bridgehead atoms. The number of aromatic nitrogens is 1. The summed E-state index contributed by atoms with van der Waals surface area (Å²) in [7, 11) is 0. The summed E-state index contributed by atoms with van der Waals surface area (Å²) in [5.74, 6) is 0. The van der Waals surface area contributed by atoms with Crippen LogP contribution in [0.2, 0.25) is 0 Å². The molecule has 0 saturated heterocycles.